The average molecular weight is 165 g/mol. The molecule has 0 aliphatic carbocycles. The summed E-state index contributed by atoms with van der Waals surface area (Å²) in [5.74, 6) is 0. The molecule has 0 bridgehead atoms. The van der Waals surface area contributed by atoms with Crippen molar-refractivity contribution >= 4 is 17.0 Å². The van der Waals surface area contributed by atoms with E-state index >= 15 is 0 Å². The highest BCUT2D eigenvalue weighted by Gasteiger charge is 1.99. The number of aryl methyl sites for hydroxylation is 1. The lowest BCUT2D eigenvalue weighted by atomic mass is 10.3. The van der Waals surface area contributed by atoms with Crippen molar-refractivity contribution in [2.24, 2.45) is 4.99 Å². The predicted molar refractivity (Wildman–Crippen MR) is 51.7 cm³/mol. The topological polar surface area (TPSA) is 12.4 Å². The lowest BCUT2D eigenvalue weighted by Gasteiger charge is -1.91. The van der Waals surface area contributed by atoms with Gasteiger partial charge >= 0.3 is 0 Å². The molecule has 0 aliphatic rings. The molecule has 1 nitrogen and oxygen atoms in total. The van der Waals surface area contributed by atoms with Gasteiger partial charge in [-0.3, -0.25) is 4.99 Å². The molecule has 0 radical (unpaired) electrons. The van der Waals surface area contributed by atoms with Crippen LogP contribution >= 0.6 is 11.3 Å². The Morgan fingerprint density at radius 2 is 2.36 bits per heavy atom. The van der Waals surface area contributed by atoms with Crippen molar-refractivity contribution in [2.45, 2.75) is 6.92 Å². The van der Waals surface area contributed by atoms with Gasteiger partial charge in [-0.2, -0.15) is 0 Å². The van der Waals surface area contributed by atoms with Crippen molar-refractivity contribution in [3.8, 4) is 0 Å². The monoisotopic (exact) mass is 165 g/mol. The van der Waals surface area contributed by atoms with Gasteiger partial charge in [0.05, 0.1) is 10.6 Å². The van der Waals surface area contributed by atoms with E-state index in [1.165, 1.54) is 9.75 Å². The molecule has 0 spiro atoms. The molecule has 2 heteroatoms. The Kier molecular flexibility index (Phi) is 2.60. The van der Waals surface area contributed by atoms with Gasteiger partial charge in [-0.1, -0.05) is 6.58 Å². The molecule has 0 atom stereocenters. The van der Waals surface area contributed by atoms with Crippen LogP contribution in [-0.4, -0.2) is 12.8 Å². The summed E-state index contributed by atoms with van der Waals surface area (Å²) >= 11 is 1.74. The maximum Gasteiger partial charge on any atom is 0.0737 e. The SMILES string of the molecule is C=CC(=NC)c1ccc(C)s1. The fraction of sp³-hybridized carbons (Fsp3) is 0.222. The molecular formula is C9H11NS. The van der Waals surface area contributed by atoms with Gasteiger partial charge in [-0.05, 0) is 25.1 Å². The van der Waals surface area contributed by atoms with Gasteiger partial charge in [0, 0.05) is 11.9 Å². The van der Waals surface area contributed by atoms with Crippen LogP contribution in [-0.2, 0) is 0 Å². The van der Waals surface area contributed by atoms with Crippen LogP contribution in [0.1, 0.15) is 9.75 Å². The van der Waals surface area contributed by atoms with Crippen LogP contribution in [0, 0.1) is 6.92 Å². The smallest absolute Gasteiger partial charge is 0.0737 e. The molecule has 0 saturated heterocycles. The van der Waals surface area contributed by atoms with Crippen molar-refractivity contribution in [1.82, 2.24) is 0 Å². The second-order valence-corrected chi connectivity index (χ2v) is 3.51. The summed E-state index contributed by atoms with van der Waals surface area (Å²) in [6.45, 7) is 5.78. The minimum atomic E-state index is 0.975. The first-order valence-electron chi connectivity index (χ1n) is 3.44. The van der Waals surface area contributed by atoms with Crippen LogP contribution in [0.5, 0.6) is 0 Å². The zero-order valence-electron chi connectivity index (χ0n) is 6.79. The molecule has 58 valence electrons. The number of aliphatic imine (C=N–C) groups is 1. The summed E-state index contributed by atoms with van der Waals surface area (Å²) in [5.41, 5.74) is 0.975. The fourth-order valence-corrected chi connectivity index (χ4v) is 1.77. The minimum Gasteiger partial charge on any atom is -0.287 e. The molecule has 0 fully saturated rings. The number of thiophene rings is 1. The second-order valence-electron chi connectivity index (χ2n) is 2.22. The Morgan fingerprint density at radius 1 is 1.64 bits per heavy atom. The van der Waals surface area contributed by atoms with Gasteiger partial charge in [0.2, 0.25) is 0 Å². The molecule has 0 saturated carbocycles. The molecule has 0 aromatic carbocycles. The first-order valence-corrected chi connectivity index (χ1v) is 4.25. The Bertz CT molecular complexity index is 284. The maximum atomic E-state index is 4.10. The third-order valence-corrected chi connectivity index (χ3v) is 2.45. The van der Waals surface area contributed by atoms with Gasteiger partial charge in [-0.15, -0.1) is 11.3 Å². The Labute approximate surface area is 71.1 Å². The van der Waals surface area contributed by atoms with Gasteiger partial charge in [0.25, 0.3) is 0 Å². The van der Waals surface area contributed by atoms with Crippen LogP contribution in [0.4, 0.5) is 0 Å². The van der Waals surface area contributed by atoms with E-state index < -0.39 is 0 Å². The summed E-state index contributed by atoms with van der Waals surface area (Å²) in [6.07, 6.45) is 1.78. The molecule has 1 aromatic rings. The summed E-state index contributed by atoms with van der Waals surface area (Å²) < 4.78 is 0. The highest BCUT2D eigenvalue weighted by Crippen LogP contribution is 2.16. The van der Waals surface area contributed by atoms with Crippen LogP contribution < -0.4 is 0 Å². The summed E-state index contributed by atoms with van der Waals surface area (Å²) in [5, 5.41) is 0. The molecule has 0 N–H and O–H groups in total. The third-order valence-electron chi connectivity index (χ3n) is 1.43. The number of hydrogen-bond donors (Lipinski definition) is 0. The lowest BCUT2D eigenvalue weighted by Crippen LogP contribution is -1.90. The molecule has 1 aromatic heterocycles. The standard InChI is InChI=1S/C9H11NS/c1-4-8(10-3)9-6-5-7(2)11-9/h4-6H,1H2,2-3H3. The predicted octanol–water partition coefficient (Wildman–Crippen LogP) is 2.66. The number of hydrogen-bond acceptors (Lipinski definition) is 2. The quantitative estimate of drug-likeness (QED) is 0.597. The van der Waals surface area contributed by atoms with Crippen molar-refractivity contribution in [1.29, 1.82) is 0 Å². The minimum absolute atomic E-state index is 0.975. The highest BCUT2D eigenvalue weighted by atomic mass is 32.1. The maximum absolute atomic E-state index is 4.10. The van der Waals surface area contributed by atoms with E-state index in [1.807, 2.05) is 0 Å². The zero-order valence-corrected chi connectivity index (χ0v) is 7.61. The van der Waals surface area contributed by atoms with Crippen LogP contribution in [0.2, 0.25) is 0 Å². The van der Waals surface area contributed by atoms with Crippen LogP contribution in [0.3, 0.4) is 0 Å². The Morgan fingerprint density at radius 3 is 2.73 bits per heavy atom. The van der Waals surface area contributed by atoms with Crippen molar-refractivity contribution in [2.75, 3.05) is 7.05 Å². The van der Waals surface area contributed by atoms with E-state index in [-0.39, 0.29) is 0 Å². The molecule has 1 heterocycles. The first kappa shape index (κ1) is 8.21. The highest BCUT2D eigenvalue weighted by molar-refractivity contribution is 7.14. The Balaban J connectivity index is 3.00. The molecule has 0 amide bonds. The second kappa shape index (κ2) is 3.49. The summed E-state index contributed by atoms with van der Waals surface area (Å²) in [6, 6.07) is 4.17. The number of allylic oxidation sites excluding steroid dienone is 1. The van der Waals surface area contributed by atoms with Gasteiger partial charge in [0.1, 0.15) is 0 Å². The summed E-state index contributed by atoms with van der Waals surface area (Å²) in [7, 11) is 1.78. The van der Waals surface area contributed by atoms with Crippen molar-refractivity contribution < 1.29 is 0 Å². The normalized spacial score (nSPS) is 11.6. The van der Waals surface area contributed by atoms with Gasteiger partial charge in [-0.25, -0.2) is 0 Å². The number of nitrogens with zero attached hydrogens (tertiary/aromatic N) is 1. The Hall–Kier alpha value is -0.890. The largest absolute Gasteiger partial charge is 0.287 e. The van der Waals surface area contributed by atoms with Gasteiger partial charge in [0.15, 0.2) is 0 Å². The zero-order chi connectivity index (χ0) is 8.27. The van der Waals surface area contributed by atoms with Crippen LogP contribution in [0.15, 0.2) is 29.8 Å². The van der Waals surface area contributed by atoms with E-state index in [4.69, 9.17) is 0 Å². The van der Waals surface area contributed by atoms with Crippen LogP contribution in [0.25, 0.3) is 0 Å². The molecule has 1 rings (SSSR count). The molecule has 11 heavy (non-hydrogen) atoms. The van der Waals surface area contributed by atoms with Crippen molar-refractivity contribution in [3.05, 3.63) is 34.5 Å². The van der Waals surface area contributed by atoms with E-state index in [0.717, 1.165) is 5.71 Å². The van der Waals surface area contributed by atoms with Gasteiger partial charge < -0.3 is 0 Å². The fourth-order valence-electron chi connectivity index (χ4n) is 0.874. The number of rotatable bonds is 2. The first-order chi connectivity index (χ1) is 5.27. The molecular weight excluding hydrogens is 154 g/mol. The summed E-state index contributed by atoms with van der Waals surface area (Å²) in [4.78, 5) is 6.60. The van der Waals surface area contributed by atoms with E-state index in [1.54, 1.807) is 24.5 Å². The molecule has 0 unspecified atom stereocenters. The van der Waals surface area contributed by atoms with Crippen molar-refractivity contribution in [3.63, 3.8) is 0 Å². The third kappa shape index (κ3) is 1.77. The van der Waals surface area contributed by atoms with E-state index in [2.05, 4.69) is 30.6 Å². The van der Waals surface area contributed by atoms with E-state index in [9.17, 15) is 0 Å². The lowest BCUT2D eigenvalue weighted by molar-refractivity contribution is 1.45. The molecule has 0 aliphatic heterocycles. The average Bonchev–Trinajstić information content (AvgIpc) is 2.39. The van der Waals surface area contributed by atoms with E-state index in [0.29, 0.717) is 0 Å².